The average Bonchev–Trinajstić information content (AvgIpc) is 3.27. The third kappa shape index (κ3) is 4.40. The Labute approximate surface area is 172 Å². The zero-order valence-electron chi connectivity index (χ0n) is 17.3. The van der Waals surface area contributed by atoms with Crippen LogP contribution in [0, 0.1) is 5.41 Å². The van der Waals surface area contributed by atoms with Crippen LogP contribution in [0.5, 0.6) is 0 Å². The number of carbonyl (C=O) groups excluding carboxylic acids is 1. The zero-order valence-corrected chi connectivity index (χ0v) is 18.1. The molecule has 0 atom stereocenters. The maximum atomic E-state index is 12.7. The lowest BCUT2D eigenvalue weighted by atomic mass is 9.91. The molecule has 1 aromatic carbocycles. The predicted molar refractivity (Wildman–Crippen MR) is 118 cm³/mol. The van der Waals surface area contributed by atoms with Gasteiger partial charge in [-0.25, -0.2) is 4.98 Å². The third-order valence-electron chi connectivity index (χ3n) is 5.69. The highest BCUT2D eigenvalue weighted by Crippen LogP contribution is 2.35. The van der Waals surface area contributed by atoms with Crippen molar-refractivity contribution in [2.45, 2.75) is 71.8 Å². The van der Waals surface area contributed by atoms with E-state index >= 15 is 0 Å². The number of hydrogen-bond donors (Lipinski definition) is 1. The van der Waals surface area contributed by atoms with E-state index in [1.165, 1.54) is 37.7 Å². The van der Waals surface area contributed by atoms with Crippen LogP contribution >= 0.6 is 11.3 Å². The summed E-state index contributed by atoms with van der Waals surface area (Å²) in [5.74, 6) is 0.228. The molecule has 0 radical (unpaired) electrons. The molecule has 2 aromatic rings. The van der Waals surface area contributed by atoms with E-state index in [1.54, 1.807) is 11.3 Å². The highest BCUT2D eigenvalue weighted by atomic mass is 32.1. The fraction of sp³-hybridized carbons (Fsp3) is 0.565. The molecule has 28 heavy (non-hydrogen) atoms. The minimum Gasteiger partial charge on any atom is -0.359 e. The van der Waals surface area contributed by atoms with Crippen molar-refractivity contribution in [2.24, 2.45) is 5.41 Å². The molecule has 1 aromatic heterocycles. The Bertz CT molecular complexity index is 846. The van der Waals surface area contributed by atoms with Gasteiger partial charge in [0.15, 0.2) is 5.13 Å². The van der Waals surface area contributed by atoms with Gasteiger partial charge >= 0.3 is 0 Å². The van der Waals surface area contributed by atoms with Crippen LogP contribution in [0.2, 0.25) is 0 Å². The van der Waals surface area contributed by atoms with Crippen LogP contribution in [0.4, 0.5) is 10.8 Å². The summed E-state index contributed by atoms with van der Waals surface area (Å²) in [5.41, 5.74) is 4.54. The second-order valence-electron chi connectivity index (χ2n) is 9.39. The first-order valence-corrected chi connectivity index (χ1v) is 11.4. The SMILES string of the molecule is CC(C)(C)CC(=O)N1CCc2cc(-c3csc(NC4CCCCC4)n3)ccc21. The zero-order chi connectivity index (χ0) is 19.7. The topological polar surface area (TPSA) is 45.2 Å². The van der Waals surface area contributed by atoms with Gasteiger partial charge < -0.3 is 10.2 Å². The van der Waals surface area contributed by atoms with Gasteiger partial charge in [-0.15, -0.1) is 11.3 Å². The number of hydrogen-bond acceptors (Lipinski definition) is 4. The van der Waals surface area contributed by atoms with Gasteiger partial charge in [0.2, 0.25) is 5.91 Å². The van der Waals surface area contributed by atoms with Gasteiger partial charge in [-0.3, -0.25) is 4.79 Å². The van der Waals surface area contributed by atoms with Crippen LogP contribution in [0.1, 0.15) is 64.9 Å². The highest BCUT2D eigenvalue weighted by Gasteiger charge is 2.28. The van der Waals surface area contributed by atoms with E-state index in [2.05, 4.69) is 49.7 Å². The lowest BCUT2D eigenvalue weighted by Crippen LogP contribution is -2.31. The van der Waals surface area contributed by atoms with Crippen LogP contribution in [-0.2, 0) is 11.2 Å². The number of benzene rings is 1. The molecule has 150 valence electrons. The van der Waals surface area contributed by atoms with E-state index in [9.17, 15) is 4.79 Å². The first-order valence-electron chi connectivity index (χ1n) is 10.5. The van der Waals surface area contributed by atoms with Crippen LogP contribution in [0.3, 0.4) is 0 Å². The Hall–Kier alpha value is -1.88. The van der Waals surface area contributed by atoms with Crippen LogP contribution in [0.15, 0.2) is 23.6 Å². The number of anilines is 2. The highest BCUT2D eigenvalue weighted by molar-refractivity contribution is 7.14. The summed E-state index contributed by atoms with van der Waals surface area (Å²) in [4.78, 5) is 19.5. The molecule has 4 rings (SSSR count). The minimum absolute atomic E-state index is 0.0160. The molecule has 0 bridgehead atoms. The van der Waals surface area contributed by atoms with E-state index in [1.807, 2.05) is 4.90 Å². The molecule has 1 N–H and O–H groups in total. The third-order valence-corrected chi connectivity index (χ3v) is 6.46. The van der Waals surface area contributed by atoms with Crippen LogP contribution in [0.25, 0.3) is 11.3 Å². The molecule has 1 aliphatic heterocycles. The van der Waals surface area contributed by atoms with Gasteiger partial charge in [-0.2, -0.15) is 0 Å². The van der Waals surface area contributed by atoms with E-state index < -0.39 is 0 Å². The molecule has 5 heteroatoms. The van der Waals surface area contributed by atoms with Crippen molar-refractivity contribution in [1.29, 1.82) is 0 Å². The van der Waals surface area contributed by atoms with Gasteiger partial charge in [0.05, 0.1) is 5.69 Å². The van der Waals surface area contributed by atoms with Crippen molar-refractivity contribution >= 4 is 28.1 Å². The van der Waals surface area contributed by atoms with Gasteiger partial charge in [0.25, 0.3) is 0 Å². The molecular formula is C23H31N3OS. The summed E-state index contributed by atoms with van der Waals surface area (Å²) in [5, 5.41) is 6.80. The molecule has 4 nitrogen and oxygen atoms in total. The van der Waals surface area contributed by atoms with Crippen molar-refractivity contribution in [3.63, 3.8) is 0 Å². The lowest BCUT2D eigenvalue weighted by Gasteiger charge is -2.23. The summed E-state index contributed by atoms with van der Waals surface area (Å²) < 4.78 is 0. The fourth-order valence-corrected chi connectivity index (χ4v) is 5.06. The normalized spacial score (nSPS) is 17.6. The van der Waals surface area contributed by atoms with Crippen molar-refractivity contribution in [3.05, 3.63) is 29.1 Å². The summed E-state index contributed by atoms with van der Waals surface area (Å²) >= 11 is 1.70. The summed E-state index contributed by atoms with van der Waals surface area (Å²) in [6.07, 6.45) is 8.03. The number of aromatic nitrogens is 1. The second-order valence-corrected chi connectivity index (χ2v) is 10.3. The molecule has 0 unspecified atom stereocenters. The molecule has 1 aliphatic carbocycles. The number of nitrogens with one attached hydrogen (secondary N) is 1. The first-order chi connectivity index (χ1) is 13.4. The Morgan fingerprint density at radius 3 is 2.79 bits per heavy atom. The molecule has 0 spiro atoms. The fourth-order valence-electron chi connectivity index (χ4n) is 4.26. The summed E-state index contributed by atoms with van der Waals surface area (Å²) in [7, 11) is 0. The standard InChI is InChI=1S/C23H31N3OS/c1-23(2,3)14-21(27)26-12-11-17-13-16(9-10-20(17)26)19-15-28-22(25-19)24-18-7-5-4-6-8-18/h9-10,13,15,18H,4-8,11-12,14H2,1-3H3,(H,24,25). The van der Waals surface area contributed by atoms with Crippen molar-refractivity contribution in [2.75, 3.05) is 16.8 Å². The lowest BCUT2D eigenvalue weighted by molar-refractivity contribution is -0.120. The monoisotopic (exact) mass is 397 g/mol. The number of nitrogens with zero attached hydrogens (tertiary/aromatic N) is 2. The van der Waals surface area contributed by atoms with Crippen LogP contribution < -0.4 is 10.2 Å². The van der Waals surface area contributed by atoms with Gasteiger partial charge in [-0.1, -0.05) is 46.1 Å². The smallest absolute Gasteiger partial charge is 0.227 e. The Kier molecular flexibility index (Phi) is 5.46. The van der Waals surface area contributed by atoms with Crippen molar-refractivity contribution < 1.29 is 4.79 Å². The molecule has 2 heterocycles. The molecule has 1 amide bonds. The van der Waals surface area contributed by atoms with Crippen molar-refractivity contribution in [1.82, 2.24) is 4.98 Å². The van der Waals surface area contributed by atoms with E-state index in [0.29, 0.717) is 12.5 Å². The molecule has 2 aliphatic rings. The maximum Gasteiger partial charge on any atom is 0.227 e. The second kappa shape index (κ2) is 7.86. The summed E-state index contributed by atoms with van der Waals surface area (Å²) in [6.45, 7) is 7.14. The Morgan fingerprint density at radius 2 is 2.04 bits per heavy atom. The van der Waals surface area contributed by atoms with Gasteiger partial charge in [-0.05, 0) is 42.4 Å². The average molecular weight is 398 g/mol. The number of rotatable bonds is 4. The predicted octanol–water partition coefficient (Wildman–Crippen LogP) is 5.88. The first kappa shape index (κ1) is 19.4. The molecule has 1 saturated carbocycles. The van der Waals surface area contributed by atoms with E-state index in [-0.39, 0.29) is 11.3 Å². The molecule has 0 saturated heterocycles. The largest absolute Gasteiger partial charge is 0.359 e. The Morgan fingerprint density at radius 1 is 1.25 bits per heavy atom. The van der Waals surface area contributed by atoms with Crippen LogP contribution in [-0.4, -0.2) is 23.5 Å². The number of fused-ring (bicyclic) bond motifs is 1. The van der Waals surface area contributed by atoms with Crippen molar-refractivity contribution in [3.8, 4) is 11.3 Å². The number of carbonyl (C=O) groups is 1. The van der Waals surface area contributed by atoms with E-state index in [4.69, 9.17) is 4.98 Å². The number of amides is 1. The van der Waals surface area contributed by atoms with E-state index in [0.717, 1.165) is 35.0 Å². The number of thiazole rings is 1. The van der Waals surface area contributed by atoms with Gasteiger partial charge in [0.1, 0.15) is 0 Å². The Balaban J connectivity index is 1.47. The minimum atomic E-state index is 0.0160. The quantitative estimate of drug-likeness (QED) is 0.701. The maximum absolute atomic E-state index is 12.7. The van der Waals surface area contributed by atoms with Gasteiger partial charge in [0, 0.05) is 35.6 Å². The summed E-state index contributed by atoms with van der Waals surface area (Å²) in [6, 6.07) is 7.02. The molecule has 1 fully saturated rings. The molecular weight excluding hydrogens is 366 g/mol.